The summed E-state index contributed by atoms with van der Waals surface area (Å²) < 4.78 is 1.02. The molecule has 1 fully saturated rings. The summed E-state index contributed by atoms with van der Waals surface area (Å²) in [5.41, 5.74) is -0.569. The first kappa shape index (κ1) is 12.7. The van der Waals surface area contributed by atoms with Crippen molar-refractivity contribution in [2.45, 2.75) is 12.8 Å². The zero-order chi connectivity index (χ0) is 14.2. The fourth-order valence-electron chi connectivity index (χ4n) is 1.57. The number of hydroxylamine groups is 2. The summed E-state index contributed by atoms with van der Waals surface area (Å²) >= 11 is 0. The monoisotopic (exact) mass is 268 g/mol. The quantitative estimate of drug-likeness (QED) is 0.413. The third-order valence-electron chi connectivity index (χ3n) is 2.45. The van der Waals surface area contributed by atoms with E-state index >= 15 is 0 Å². The van der Waals surface area contributed by atoms with Gasteiger partial charge in [-0.15, -0.1) is 5.06 Å². The summed E-state index contributed by atoms with van der Waals surface area (Å²) in [4.78, 5) is 52.2. The Kier molecular flexibility index (Phi) is 2.99. The minimum absolute atomic E-state index is 0.0591. The number of imide groups is 1. The smallest absolute Gasteiger partial charge is 0.358 e. The van der Waals surface area contributed by atoms with Gasteiger partial charge in [0.2, 0.25) is 5.69 Å². The molecule has 0 N–H and O–H groups in total. The molecule has 10 heteroatoms. The fraction of sp³-hybridized carbons (Fsp3) is 0.333. The van der Waals surface area contributed by atoms with Gasteiger partial charge in [-0.2, -0.15) is 0 Å². The van der Waals surface area contributed by atoms with E-state index < -0.39 is 34.2 Å². The van der Waals surface area contributed by atoms with Crippen molar-refractivity contribution in [3.63, 3.8) is 0 Å². The molecule has 1 aliphatic heterocycles. The summed E-state index contributed by atoms with van der Waals surface area (Å²) in [5.74, 6) is -3.14. The molecule has 2 heterocycles. The van der Waals surface area contributed by atoms with E-state index in [9.17, 15) is 24.5 Å². The van der Waals surface area contributed by atoms with Crippen molar-refractivity contribution in [2.75, 3.05) is 0 Å². The van der Waals surface area contributed by atoms with Gasteiger partial charge in [-0.25, -0.2) is 14.3 Å². The lowest BCUT2D eigenvalue weighted by molar-refractivity contribution is -0.392. The van der Waals surface area contributed by atoms with Gasteiger partial charge in [0.1, 0.15) is 0 Å². The molecule has 0 spiro atoms. The van der Waals surface area contributed by atoms with Gasteiger partial charge in [0.15, 0.2) is 6.33 Å². The highest BCUT2D eigenvalue weighted by molar-refractivity contribution is 6.02. The summed E-state index contributed by atoms with van der Waals surface area (Å²) in [7, 11) is 1.33. The second-order valence-corrected chi connectivity index (χ2v) is 3.75. The predicted octanol–water partition coefficient (Wildman–Crippen LogP) is -0.451. The number of imidazole rings is 1. The molecule has 100 valence electrons. The van der Waals surface area contributed by atoms with Crippen LogP contribution in [0.4, 0.5) is 5.82 Å². The third kappa shape index (κ3) is 2.14. The zero-order valence-electron chi connectivity index (χ0n) is 9.73. The molecule has 2 rings (SSSR count). The average Bonchev–Trinajstić information content (AvgIpc) is 2.86. The van der Waals surface area contributed by atoms with Crippen molar-refractivity contribution in [3.8, 4) is 0 Å². The second-order valence-electron chi connectivity index (χ2n) is 3.75. The topological polar surface area (TPSA) is 125 Å². The Hall–Kier alpha value is -2.78. The first-order valence-corrected chi connectivity index (χ1v) is 5.15. The molecule has 0 saturated carbocycles. The van der Waals surface area contributed by atoms with E-state index in [0.717, 1.165) is 10.9 Å². The van der Waals surface area contributed by atoms with Gasteiger partial charge in [0.25, 0.3) is 11.8 Å². The van der Waals surface area contributed by atoms with Crippen LogP contribution in [0.3, 0.4) is 0 Å². The van der Waals surface area contributed by atoms with E-state index in [-0.39, 0.29) is 12.8 Å². The molecular weight excluding hydrogens is 260 g/mol. The van der Waals surface area contributed by atoms with Crippen LogP contribution in [0.2, 0.25) is 0 Å². The van der Waals surface area contributed by atoms with E-state index in [2.05, 4.69) is 9.82 Å². The van der Waals surface area contributed by atoms with Crippen LogP contribution in [0.15, 0.2) is 6.33 Å². The Balaban J connectivity index is 2.24. The predicted molar refractivity (Wildman–Crippen MR) is 56.4 cm³/mol. The van der Waals surface area contributed by atoms with Crippen molar-refractivity contribution in [1.29, 1.82) is 0 Å². The normalized spacial score (nSPS) is 14.9. The molecule has 1 aromatic heterocycles. The maximum atomic E-state index is 11.7. The number of aryl methyl sites for hydroxylation is 1. The molecule has 1 saturated heterocycles. The minimum Gasteiger partial charge on any atom is -0.358 e. The van der Waals surface area contributed by atoms with Crippen LogP contribution >= 0.6 is 0 Å². The van der Waals surface area contributed by atoms with Crippen LogP contribution in [0, 0.1) is 10.1 Å². The Morgan fingerprint density at radius 1 is 1.42 bits per heavy atom. The number of hydrogen-bond donors (Lipinski definition) is 0. The summed E-state index contributed by atoms with van der Waals surface area (Å²) in [6.07, 6.45) is 0.940. The van der Waals surface area contributed by atoms with Crippen LogP contribution < -0.4 is 0 Å². The number of aromatic nitrogens is 2. The van der Waals surface area contributed by atoms with Crippen LogP contribution in [0.25, 0.3) is 0 Å². The molecule has 0 aliphatic carbocycles. The van der Waals surface area contributed by atoms with Gasteiger partial charge in [-0.05, 0) is 4.92 Å². The summed E-state index contributed by atoms with van der Waals surface area (Å²) in [5, 5.41) is 11.1. The highest BCUT2D eigenvalue weighted by Crippen LogP contribution is 2.19. The molecule has 10 nitrogen and oxygen atoms in total. The van der Waals surface area contributed by atoms with Gasteiger partial charge in [0.05, 0.1) is 7.05 Å². The number of hydrogen-bond acceptors (Lipinski definition) is 7. The molecule has 0 radical (unpaired) electrons. The summed E-state index contributed by atoms with van der Waals surface area (Å²) in [6.45, 7) is 0. The van der Waals surface area contributed by atoms with E-state index in [1.54, 1.807) is 0 Å². The largest absolute Gasteiger partial charge is 0.390 e. The summed E-state index contributed by atoms with van der Waals surface area (Å²) in [6, 6.07) is 0. The molecular formula is C9H8N4O6. The molecule has 1 aliphatic rings. The minimum atomic E-state index is -1.23. The van der Waals surface area contributed by atoms with Crippen LogP contribution in [-0.4, -0.2) is 37.3 Å². The first-order valence-electron chi connectivity index (χ1n) is 5.15. The van der Waals surface area contributed by atoms with E-state index in [1.807, 2.05) is 0 Å². The Labute approximate surface area is 105 Å². The first-order chi connectivity index (χ1) is 8.91. The van der Waals surface area contributed by atoms with Crippen LogP contribution in [-0.2, 0) is 21.5 Å². The Bertz CT molecular complexity index is 576. The molecule has 1 aromatic rings. The fourth-order valence-corrected chi connectivity index (χ4v) is 1.57. The lowest BCUT2D eigenvalue weighted by Gasteiger charge is -2.11. The Morgan fingerprint density at radius 3 is 2.53 bits per heavy atom. The van der Waals surface area contributed by atoms with E-state index in [0.29, 0.717) is 5.06 Å². The standard InChI is InChI=1S/C9H8N4O6/c1-11-4-10-7(8(11)13(17)18)9(16)19-12-5(14)2-3-6(12)15/h4H,2-3H2,1H3. The number of nitrogens with zero attached hydrogens (tertiary/aromatic N) is 4. The van der Waals surface area contributed by atoms with Crippen molar-refractivity contribution in [1.82, 2.24) is 14.6 Å². The van der Waals surface area contributed by atoms with Gasteiger partial charge in [0, 0.05) is 12.8 Å². The number of carbonyl (C=O) groups is 3. The maximum absolute atomic E-state index is 11.7. The van der Waals surface area contributed by atoms with Crippen LogP contribution in [0.5, 0.6) is 0 Å². The van der Waals surface area contributed by atoms with Crippen molar-refractivity contribution in [2.24, 2.45) is 7.05 Å². The molecule has 0 aromatic carbocycles. The SMILES string of the molecule is Cn1cnc(C(=O)ON2C(=O)CCC2=O)c1[N+](=O)[O-]. The van der Waals surface area contributed by atoms with Gasteiger partial charge < -0.3 is 15.0 Å². The molecule has 0 bridgehead atoms. The van der Waals surface area contributed by atoms with E-state index in [4.69, 9.17) is 0 Å². The molecule has 19 heavy (non-hydrogen) atoms. The zero-order valence-corrected chi connectivity index (χ0v) is 9.73. The number of amides is 2. The van der Waals surface area contributed by atoms with Crippen molar-refractivity contribution in [3.05, 3.63) is 22.1 Å². The molecule has 0 unspecified atom stereocenters. The van der Waals surface area contributed by atoms with Gasteiger partial charge in [-0.3, -0.25) is 9.59 Å². The number of rotatable bonds is 3. The lowest BCUT2D eigenvalue weighted by atomic mass is 10.4. The van der Waals surface area contributed by atoms with Gasteiger partial charge >= 0.3 is 11.8 Å². The van der Waals surface area contributed by atoms with Crippen molar-refractivity contribution >= 4 is 23.6 Å². The third-order valence-corrected chi connectivity index (χ3v) is 2.45. The second kappa shape index (κ2) is 4.48. The highest BCUT2D eigenvalue weighted by atomic mass is 16.7. The Morgan fingerprint density at radius 2 is 2.00 bits per heavy atom. The highest BCUT2D eigenvalue weighted by Gasteiger charge is 2.36. The van der Waals surface area contributed by atoms with Crippen molar-refractivity contribution < 1.29 is 24.1 Å². The number of nitro groups is 1. The van der Waals surface area contributed by atoms with Crippen LogP contribution in [0.1, 0.15) is 23.3 Å². The van der Waals surface area contributed by atoms with E-state index in [1.165, 1.54) is 7.05 Å². The molecule has 0 atom stereocenters. The molecule has 2 amide bonds. The number of carbonyl (C=O) groups excluding carboxylic acids is 3. The average molecular weight is 268 g/mol. The lowest BCUT2D eigenvalue weighted by Crippen LogP contribution is -2.32. The maximum Gasteiger partial charge on any atom is 0.390 e. The van der Waals surface area contributed by atoms with Gasteiger partial charge in [-0.1, -0.05) is 0 Å².